The number of amides is 1. The molecule has 2 heterocycles. The quantitative estimate of drug-likeness (QED) is 0.167. The Balaban J connectivity index is 0.000000723. The van der Waals surface area contributed by atoms with E-state index in [-0.39, 0.29) is 53.5 Å². The number of likely N-dealkylation sites (N-methyl/N-ethyl adjacent to an activating group) is 3. The number of rotatable bonds is 18. The van der Waals surface area contributed by atoms with Crippen LogP contribution in [-0.2, 0) is 28.7 Å². The maximum atomic E-state index is 12.7. The number of aldehydes is 3. The van der Waals surface area contributed by atoms with Crippen molar-refractivity contribution in [2.75, 3.05) is 62.0 Å². The van der Waals surface area contributed by atoms with Crippen LogP contribution in [0.15, 0.2) is 36.5 Å². The van der Waals surface area contributed by atoms with E-state index in [1.54, 1.807) is 26.2 Å². The van der Waals surface area contributed by atoms with E-state index in [0.29, 0.717) is 18.4 Å². The lowest BCUT2D eigenvalue weighted by atomic mass is 9.90. The number of carbonyl (C=O) groups is 4. The Labute approximate surface area is 323 Å². The van der Waals surface area contributed by atoms with Crippen LogP contribution in [0.4, 0.5) is 0 Å². The molecule has 0 bridgehead atoms. The number of carbonyl (C=O) groups excluding carboxylic acids is 4. The second kappa shape index (κ2) is 28.8. The lowest BCUT2D eigenvalue weighted by molar-refractivity contribution is -0.140. The summed E-state index contributed by atoms with van der Waals surface area (Å²) < 4.78 is 10.9. The Bertz CT molecular complexity index is 1080. The number of nitrogens with one attached hydrogen (secondary N) is 3. The Morgan fingerprint density at radius 2 is 1.68 bits per heavy atom. The van der Waals surface area contributed by atoms with Gasteiger partial charge in [0.2, 0.25) is 5.91 Å². The van der Waals surface area contributed by atoms with E-state index in [1.807, 2.05) is 41.8 Å². The smallest absolute Gasteiger partial charge is 0.240 e. The minimum Gasteiger partial charge on any atom is -0.379 e. The first-order valence-electron chi connectivity index (χ1n) is 19.7. The predicted molar refractivity (Wildman–Crippen MR) is 218 cm³/mol. The van der Waals surface area contributed by atoms with Crippen molar-refractivity contribution >= 4 is 24.8 Å². The van der Waals surface area contributed by atoms with Gasteiger partial charge in [0.05, 0.1) is 29.8 Å². The molecule has 0 aromatic heterocycles. The first-order valence-corrected chi connectivity index (χ1v) is 19.7. The Hall–Kier alpha value is -2.54. The first-order chi connectivity index (χ1) is 25.2. The van der Waals surface area contributed by atoms with Crippen LogP contribution >= 0.6 is 0 Å². The molecule has 1 amide bonds. The number of hydrogen-bond donors (Lipinski definition) is 3. The molecule has 0 aromatic carbocycles. The highest BCUT2D eigenvalue weighted by Crippen LogP contribution is 2.24. The van der Waals surface area contributed by atoms with Crippen LogP contribution in [0.2, 0.25) is 0 Å². The minimum atomic E-state index is -0.268. The molecule has 0 spiro atoms. The van der Waals surface area contributed by atoms with Crippen molar-refractivity contribution < 1.29 is 28.7 Å². The van der Waals surface area contributed by atoms with Gasteiger partial charge in [-0.2, -0.15) is 0 Å². The van der Waals surface area contributed by atoms with E-state index < -0.39 is 0 Å². The van der Waals surface area contributed by atoms with Crippen LogP contribution in [0, 0.1) is 23.7 Å². The largest absolute Gasteiger partial charge is 0.379 e. The van der Waals surface area contributed by atoms with Gasteiger partial charge in [-0.15, -0.1) is 0 Å². The molecule has 0 aromatic rings. The van der Waals surface area contributed by atoms with Gasteiger partial charge in [-0.3, -0.25) is 4.79 Å². The van der Waals surface area contributed by atoms with E-state index in [9.17, 15) is 19.2 Å². The van der Waals surface area contributed by atoms with Gasteiger partial charge in [-0.05, 0) is 97.6 Å². The zero-order chi connectivity index (χ0) is 40.4. The maximum absolute atomic E-state index is 12.7. The fourth-order valence-electron chi connectivity index (χ4n) is 7.10. The summed E-state index contributed by atoms with van der Waals surface area (Å²) in [6.07, 6.45) is 22.4. The fraction of sp³-hybridized carbons (Fsp3) is 0.762. The zero-order valence-electron chi connectivity index (χ0n) is 35.3. The van der Waals surface area contributed by atoms with E-state index in [1.165, 1.54) is 12.8 Å². The van der Waals surface area contributed by atoms with E-state index >= 15 is 0 Å². The van der Waals surface area contributed by atoms with Crippen LogP contribution in [0.5, 0.6) is 0 Å². The van der Waals surface area contributed by atoms with Crippen LogP contribution < -0.4 is 16.0 Å². The second-order valence-corrected chi connectivity index (χ2v) is 15.2. The molecule has 0 radical (unpaired) electrons. The monoisotopic (exact) mass is 748 g/mol. The molecule has 11 nitrogen and oxygen atoms in total. The topological polar surface area (TPSA) is 129 Å². The summed E-state index contributed by atoms with van der Waals surface area (Å²) in [4.78, 5) is 48.6. The Morgan fingerprint density at radius 1 is 1.04 bits per heavy atom. The molecule has 1 aliphatic carbocycles. The molecule has 2 aliphatic heterocycles. The van der Waals surface area contributed by atoms with E-state index in [4.69, 9.17) is 9.47 Å². The van der Waals surface area contributed by atoms with E-state index in [0.717, 1.165) is 64.2 Å². The number of allylic oxidation sites excluding steroid dienone is 6. The van der Waals surface area contributed by atoms with Crippen LogP contribution in [0.25, 0.3) is 0 Å². The van der Waals surface area contributed by atoms with Crippen molar-refractivity contribution in [3.05, 3.63) is 36.5 Å². The summed E-state index contributed by atoms with van der Waals surface area (Å²) in [6, 6.07) is 0.0905. The molecule has 3 N–H and O–H groups in total. The number of ether oxygens (including phenoxy) is 2. The average Bonchev–Trinajstić information content (AvgIpc) is 3.70. The molecule has 8 unspecified atom stereocenters. The Morgan fingerprint density at radius 3 is 2.06 bits per heavy atom. The molecule has 0 saturated carbocycles. The van der Waals surface area contributed by atoms with Gasteiger partial charge in [-0.1, -0.05) is 77.5 Å². The molecule has 2 fully saturated rings. The molecule has 2 saturated heterocycles. The zero-order valence-corrected chi connectivity index (χ0v) is 35.3. The highest BCUT2D eigenvalue weighted by molar-refractivity contribution is 5.82. The van der Waals surface area contributed by atoms with Crippen molar-refractivity contribution in [1.29, 1.82) is 0 Å². The molecule has 53 heavy (non-hydrogen) atoms. The number of methoxy groups -OCH3 is 2. The third-order valence-electron chi connectivity index (χ3n) is 10.7. The highest BCUT2D eigenvalue weighted by Gasteiger charge is 2.35. The third kappa shape index (κ3) is 18.6. The van der Waals surface area contributed by atoms with Gasteiger partial charge in [-0.25, -0.2) is 0 Å². The van der Waals surface area contributed by atoms with Gasteiger partial charge < -0.3 is 49.6 Å². The maximum Gasteiger partial charge on any atom is 0.240 e. The van der Waals surface area contributed by atoms with Gasteiger partial charge in [0, 0.05) is 39.6 Å². The molecular formula is C42H77N5O6. The third-order valence-corrected chi connectivity index (χ3v) is 10.7. The fourth-order valence-corrected chi connectivity index (χ4v) is 7.10. The lowest BCUT2D eigenvalue weighted by Gasteiger charge is -2.39. The SMILES string of the molecule is CC1(C=O)CCCN1.CCC(C)C(C(CC=O)OC)N(C)C(=O)C(NC)C(C)C.CNCCC1C=CC=CC=C1.COC(C(C)C=O)C1CCCN1C. The number of likely N-dealkylation sites (tertiary alicyclic amines) is 1. The number of hydrogen-bond acceptors (Lipinski definition) is 10. The van der Waals surface area contributed by atoms with Gasteiger partial charge in [0.1, 0.15) is 18.9 Å². The average molecular weight is 748 g/mol. The highest BCUT2D eigenvalue weighted by atomic mass is 16.5. The lowest BCUT2D eigenvalue weighted by Crippen LogP contribution is -2.55. The van der Waals surface area contributed by atoms with Gasteiger partial charge >= 0.3 is 0 Å². The normalized spacial score (nSPS) is 23.1. The van der Waals surface area contributed by atoms with Gasteiger partial charge in [0.15, 0.2) is 0 Å². The molecule has 3 aliphatic rings. The summed E-state index contributed by atoms with van der Waals surface area (Å²) in [7, 11) is 11.0. The number of nitrogens with zero attached hydrogens (tertiary/aromatic N) is 2. The summed E-state index contributed by atoms with van der Waals surface area (Å²) in [5.74, 6) is 1.11. The summed E-state index contributed by atoms with van der Waals surface area (Å²) in [6.45, 7) is 15.3. The van der Waals surface area contributed by atoms with E-state index in [2.05, 4.69) is 78.2 Å². The predicted octanol–water partition coefficient (Wildman–Crippen LogP) is 4.86. The molecular weight excluding hydrogens is 670 g/mol. The Kier molecular flexibility index (Phi) is 27.5. The summed E-state index contributed by atoms with van der Waals surface area (Å²) in [5.41, 5.74) is -0.194. The minimum absolute atomic E-state index is 0.00412. The summed E-state index contributed by atoms with van der Waals surface area (Å²) >= 11 is 0. The molecule has 306 valence electrons. The van der Waals surface area contributed by atoms with Crippen molar-refractivity contribution in [3.8, 4) is 0 Å². The van der Waals surface area contributed by atoms with Crippen LogP contribution in [-0.4, -0.2) is 132 Å². The van der Waals surface area contributed by atoms with Crippen LogP contribution in [0.1, 0.15) is 86.5 Å². The van der Waals surface area contributed by atoms with Gasteiger partial charge in [0.25, 0.3) is 0 Å². The standard InChI is InChI=1S/C16H32N2O3.C10H19NO2.C10H15N.C6H11NO/c1-8-12(4)15(13(21-7)9-10-19)18(6)16(20)14(17-5)11(2)3;1-8(7-12)10(13-3)9-5-4-6-11(9)2;1-11-9-8-10-6-4-2-3-5-7-10;1-6(5-8)3-2-4-7-6/h10-15,17H,8-9H2,1-7H3;7-10H,4-6H2,1-3H3;2-7,10-11H,8-9H2,1H3;5,7H,2-4H2,1H3. The second-order valence-electron chi connectivity index (χ2n) is 15.2. The van der Waals surface area contributed by atoms with Crippen LogP contribution in [0.3, 0.4) is 0 Å². The molecule has 11 heteroatoms. The van der Waals surface area contributed by atoms with Crippen molar-refractivity contribution in [2.24, 2.45) is 23.7 Å². The summed E-state index contributed by atoms with van der Waals surface area (Å²) in [5, 5.41) is 9.34. The molecule has 8 atom stereocenters. The van der Waals surface area contributed by atoms with Crippen molar-refractivity contribution in [2.45, 2.75) is 122 Å². The van der Waals surface area contributed by atoms with Crippen molar-refractivity contribution in [3.63, 3.8) is 0 Å². The van der Waals surface area contributed by atoms with Crippen molar-refractivity contribution in [1.82, 2.24) is 25.8 Å². The molecule has 3 rings (SSSR count). The first kappa shape index (κ1) is 50.5.